The molecule has 1 aromatic heterocycles. The smallest absolute Gasteiger partial charge is 0.107 e. The van der Waals surface area contributed by atoms with Crippen LogP contribution in [0.2, 0.25) is 4.34 Å². The van der Waals surface area contributed by atoms with Gasteiger partial charge in [0.2, 0.25) is 0 Å². The first-order chi connectivity index (χ1) is 6.60. The quantitative estimate of drug-likeness (QED) is 0.925. The number of nitrogens with two attached hydrogens (primary N) is 1. The fourth-order valence-corrected chi connectivity index (χ4v) is 3.18. The van der Waals surface area contributed by atoms with E-state index in [0.717, 1.165) is 15.4 Å². The Balaban J connectivity index is 2.89. The van der Waals surface area contributed by atoms with Crippen LogP contribution in [-0.2, 0) is 0 Å². The van der Waals surface area contributed by atoms with E-state index >= 15 is 0 Å². The Hall–Kier alpha value is 0.390. The SMILES string of the molecule is CCN(C)C(CN)c1cc(Br)c(Cl)s1. The van der Waals surface area contributed by atoms with E-state index in [1.807, 2.05) is 0 Å². The molecule has 0 fully saturated rings. The minimum atomic E-state index is 0.272. The highest BCUT2D eigenvalue weighted by atomic mass is 79.9. The normalized spacial score (nSPS) is 13.6. The maximum absolute atomic E-state index is 5.99. The summed E-state index contributed by atoms with van der Waals surface area (Å²) in [7, 11) is 2.07. The van der Waals surface area contributed by atoms with Crippen LogP contribution in [0, 0.1) is 0 Å². The molecular weight excluding hydrogens is 284 g/mol. The van der Waals surface area contributed by atoms with Crippen molar-refractivity contribution in [1.29, 1.82) is 0 Å². The number of thiophene rings is 1. The molecule has 0 aliphatic carbocycles. The third-order valence-electron chi connectivity index (χ3n) is 2.25. The van der Waals surface area contributed by atoms with Gasteiger partial charge in [0.05, 0.1) is 6.04 Å². The van der Waals surface area contributed by atoms with Crippen molar-refractivity contribution in [2.24, 2.45) is 5.73 Å². The van der Waals surface area contributed by atoms with Crippen molar-refractivity contribution in [3.05, 3.63) is 19.8 Å². The third kappa shape index (κ3) is 2.70. The number of rotatable bonds is 4. The van der Waals surface area contributed by atoms with E-state index in [9.17, 15) is 0 Å². The average Bonchev–Trinajstić information content (AvgIpc) is 2.48. The van der Waals surface area contributed by atoms with Gasteiger partial charge in [0.1, 0.15) is 4.34 Å². The van der Waals surface area contributed by atoms with Gasteiger partial charge in [-0.25, -0.2) is 0 Å². The second kappa shape index (κ2) is 5.47. The Morgan fingerprint density at radius 3 is 2.71 bits per heavy atom. The fourth-order valence-electron chi connectivity index (χ4n) is 1.26. The van der Waals surface area contributed by atoms with Crippen molar-refractivity contribution in [2.45, 2.75) is 13.0 Å². The standard InChI is InChI=1S/C9H14BrClN2S/c1-3-13(2)7(5-12)8-4-6(10)9(11)14-8/h4,7H,3,5,12H2,1-2H3. The monoisotopic (exact) mass is 296 g/mol. The summed E-state index contributed by atoms with van der Waals surface area (Å²) in [6.07, 6.45) is 0. The highest BCUT2D eigenvalue weighted by Crippen LogP contribution is 2.36. The molecule has 14 heavy (non-hydrogen) atoms. The lowest BCUT2D eigenvalue weighted by molar-refractivity contribution is 0.267. The van der Waals surface area contributed by atoms with Gasteiger partial charge in [-0.3, -0.25) is 4.90 Å². The van der Waals surface area contributed by atoms with Crippen LogP contribution in [0.1, 0.15) is 17.8 Å². The number of hydrogen-bond donors (Lipinski definition) is 1. The lowest BCUT2D eigenvalue weighted by atomic mass is 10.2. The molecule has 1 rings (SSSR count). The van der Waals surface area contributed by atoms with Crippen molar-refractivity contribution < 1.29 is 0 Å². The summed E-state index contributed by atoms with van der Waals surface area (Å²) in [5.41, 5.74) is 5.75. The molecule has 0 saturated carbocycles. The molecule has 0 radical (unpaired) electrons. The summed E-state index contributed by atoms with van der Waals surface area (Å²) in [6.45, 7) is 3.72. The molecule has 0 saturated heterocycles. The van der Waals surface area contributed by atoms with Crippen molar-refractivity contribution in [3.63, 3.8) is 0 Å². The van der Waals surface area contributed by atoms with Crippen LogP contribution in [0.15, 0.2) is 10.5 Å². The third-order valence-corrected chi connectivity index (χ3v) is 4.82. The van der Waals surface area contributed by atoms with E-state index in [0.29, 0.717) is 6.54 Å². The molecule has 5 heteroatoms. The van der Waals surface area contributed by atoms with E-state index in [-0.39, 0.29) is 6.04 Å². The minimum absolute atomic E-state index is 0.272. The van der Waals surface area contributed by atoms with Crippen LogP contribution in [0.4, 0.5) is 0 Å². The van der Waals surface area contributed by atoms with E-state index < -0.39 is 0 Å². The summed E-state index contributed by atoms with van der Waals surface area (Å²) in [5.74, 6) is 0. The minimum Gasteiger partial charge on any atom is -0.329 e. The second-order valence-electron chi connectivity index (χ2n) is 3.10. The molecule has 1 atom stereocenters. The Kier molecular flexibility index (Phi) is 4.87. The molecule has 0 aliphatic rings. The maximum atomic E-state index is 5.99. The van der Waals surface area contributed by atoms with Crippen LogP contribution in [0.5, 0.6) is 0 Å². The van der Waals surface area contributed by atoms with E-state index in [2.05, 4.69) is 40.9 Å². The van der Waals surface area contributed by atoms with Crippen LogP contribution >= 0.6 is 38.9 Å². The molecule has 1 unspecified atom stereocenters. The molecule has 1 heterocycles. The van der Waals surface area contributed by atoms with Crippen LogP contribution in [0.25, 0.3) is 0 Å². The first-order valence-corrected chi connectivity index (χ1v) is 6.43. The van der Waals surface area contributed by atoms with Crippen molar-refractivity contribution >= 4 is 38.9 Å². The molecule has 80 valence electrons. The number of likely N-dealkylation sites (N-methyl/N-ethyl adjacent to an activating group) is 1. The summed E-state index contributed by atoms with van der Waals surface area (Å²) < 4.78 is 1.75. The molecule has 0 bridgehead atoms. The zero-order chi connectivity index (χ0) is 10.7. The van der Waals surface area contributed by atoms with Crippen molar-refractivity contribution in [1.82, 2.24) is 4.90 Å². The summed E-state index contributed by atoms with van der Waals surface area (Å²) in [6, 6.07) is 2.32. The van der Waals surface area contributed by atoms with E-state index in [1.165, 1.54) is 4.88 Å². The lowest BCUT2D eigenvalue weighted by Gasteiger charge is -2.24. The van der Waals surface area contributed by atoms with Gasteiger partial charge in [0.25, 0.3) is 0 Å². The molecule has 1 aromatic rings. The Bertz CT molecular complexity index is 284. The Morgan fingerprint density at radius 2 is 2.36 bits per heavy atom. The molecule has 2 nitrogen and oxygen atoms in total. The highest BCUT2D eigenvalue weighted by molar-refractivity contribution is 9.10. The van der Waals surface area contributed by atoms with Crippen molar-refractivity contribution in [2.75, 3.05) is 20.1 Å². The van der Waals surface area contributed by atoms with Crippen LogP contribution < -0.4 is 5.73 Å². The van der Waals surface area contributed by atoms with Gasteiger partial charge in [-0.1, -0.05) is 18.5 Å². The zero-order valence-electron chi connectivity index (χ0n) is 8.26. The maximum Gasteiger partial charge on any atom is 0.107 e. The topological polar surface area (TPSA) is 29.3 Å². The van der Waals surface area contributed by atoms with Gasteiger partial charge in [-0.2, -0.15) is 0 Å². The fraction of sp³-hybridized carbons (Fsp3) is 0.556. The summed E-state index contributed by atoms with van der Waals surface area (Å²) >= 11 is 11.0. The predicted octanol–water partition coefficient (Wildman–Crippen LogP) is 3.12. The predicted molar refractivity (Wildman–Crippen MR) is 67.1 cm³/mol. The number of nitrogens with zero attached hydrogens (tertiary/aromatic N) is 1. The van der Waals surface area contributed by atoms with Gasteiger partial charge in [-0.05, 0) is 35.6 Å². The summed E-state index contributed by atoms with van der Waals surface area (Å²) in [5, 5.41) is 0. The van der Waals surface area contributed by atoms with Gasteiger partial charge < -0.3 is 5.73 Å². The zero-order valence-corrected chi connectivity index (χ0v) is 11.4. The van der Waals surface area contributed by atoms with Gasteiger partial charge in [0, 0.05) is 15.9 Å². The van der Waals surface area contributed by atoms with E-state index in [4.69, 9.17) is 17.3 Å². The first-order valence-electron chi connectivity index (χ1n) is 4.45. The van der Waals surface area contributed by atoms with Gasteiger partial charge in [-0.15, -0.1) is 11.3 Å². The molecule has 0 aromatic carbocycles. The molecule has 0 spiro atoms. The van der Waals surface area contributed by atoms with Gasteiger partial charge in [0.15, 0.2) is 0 Å². The highest BCUT2D eigenvalue weighted by Gasteiger charge is 2.17. The number of halogens is 2. The molecular formula is C9H14BrClN2S. The van der Waals surface area contributed by atoms with Gasteiger partial charge >= 0.3 is 0 Å². The first kappa shape index (κ1) is 12.5. The molecule has 0 aliphatic heterocycles. The second-order valence-corrected chi connectivity index (χ2v) is 5.64. The van der Waals surface area contributed by atoms with Crippen molar-refractivity contribution in [3.8, 4) is 0 Å². The number of hydrogen-bond acceptors (Lipinski definition) is 3. The average molecular weight is 298 g/mol. The van der Waals surface area contributed by atoms with E-state index in [1.54, 1.807) is 11.3 Å². The molecule has 0 amide bonds. The molecule has 2 N–H and O–H groups in total. The Morgan fingerprint density at radius 1 is 1.71 bits per heavy atom. The van der Waals surface area contributed by atoms with Crippen LogP contribution in [-0.4, -0.2) is 25.0 Å². The summed E-state index contributed by atoms with van der Waals surface area (Å²) in [4.78, 5) is 3.43. The lowest BCUT2D eigenvalue weighted by Crippen LogP contribution is -2.29. The van der Waals surface area contributed by atoms with Crippen LogP contribution in [0.3, 0.4) is 0 Å². The Labute approximate surface area is 102 Å². The largest absolute Gasteiger partial charge is 0.329 e.